The molecule has 0 unspecified atom stereocenters. The normalized spacial score (nSPS) is 14.0. The standard InChI is InChI=1S/C58H40B3ClN2O3/c1-33-23-36(4)56-53(25-33)65-50-21-13-11-19-40(50)59(56)42-30-43-46(27-35(42)3)63(38-15-7-5-8-16-38)49-28-37(62)29-55-58(49)61(43)45-31-44-47(32-52(45)67-55)64(39-17-9-6-10-18-39)48-24-34(2)26-54-57(48)60(44)41-20-12-14-22-51(41)66-54/h5-32H,1-4H3. The van der Waals surface area contributed by atoms with E-state index in [1.54, 1.807) is 0 Å². The van der Waals surface area contributed by atoms with Gasteiger partial charge < -0.3 is 24.0 Å². The Balaban J connectivity index is 1.07. The van der Waals surface area contributed by atoms with Crippen LogP contribution >= 0.6 is 11.6 Å². The van der Waals surface area contributed by atoms with E-state index in [2.05, 4.69) is 201 Å². The van der Waals surface area contributed by atoms with Gasteiger partial charge in [0, 0.05) is 45.2 Å². The summed E-state index contributed by atoms with van der Waals surface area (Å²) in [6.45, 7) is 8.46. The minimum absolute atomic E-state index is 0.0542. The number of anilines is 6. The number of fused-ring (bicyclic) bond motifs is 10. The highest BCUT2D eigenvalue weighted by Crippen LogP contribution is 2.46. The third-order valence-corrected chi connectivity index (χ3v) is 14.9. The number of ether oxygens (including phenoxy) is 3. The van der Waals surface area contributed by atoms with E-state index in [4.69, 9.17) is 25.8 Å². The highest BCUT2D eigenvalue weighted by molar-refractivity contribution is 7.03. The molecule has 5 aliphatic heterocycles. The summed E-state index contributed by atoms with van der Waals surface area (Å²) in [6, 6.07) is 61.2. The summed E-state index contributed by atoms with van der Waals surface area (Å²) in [5.41, 5.74) is 21.8. The van der Waals surface area contributed by atoms with Gasteiger partial charge in [-0.3, -0.25) is 0 Å². The lowest BCUT2D eigenvalue weighted by atomic mass is 9.29. The predicted octanol–water partition coefficient (Wildman–Crippen LogP) is 9.01. The minimum atomic E-state index is -0.196. The van der Waals surface area contributed by atoms with Crippen molar-refractivity contribution in [1.82, 2.24) is 0 Å². The second-order valence-electron chi connectivity index (χ2n) is 18.8. The van der Waals surface area contributed by atoms with Crippen LogP contribution in [0.3, 0.4) is 0 Å². The van der Waals surface area contributed by atoms with Crippen molar-refractivity contribution in [2.45, 2.75) is 27.7 Å². The first-order chi connectivity index (χ1) is 32.8. The molecule has 0 N–H and O–H groups in total. The molecule has 0 aliphatic carbocycles. The zero-order chi connectivity index (χ0) is 44.8. The van der Waals surface area contributed by atoms with Crippen LogP contribution in [0.15, 0.2) is 170 Å². The Hall–Kier alpha value is -7.54. The maximum Gasteiger partial charge on any atom is 0.256 e. The smallest absolute Gasteiger partial charge is 0.256 e. The highest BCUT2D eigenvalue weighted by atomic mass is 35.5. The minimum Gasteiger partial charge on any atom is -0.458 e. The number of para-hydroxylation sites is 4. The fourth-order valence-electron chi connectivity index (χ4n) is 12.0. The first kappa shape index (κ1) is 38.7. The average molecular weight is 881 g/mol. The molecule has 9 aromatic carbocycles. The number of hydrogen-bond acceptors (Lipinski definition) is 5. The van der Waals surface area contributed by atoms with Crippen molar-refractivity contribution < 1.29 is 14.2 Å². The quantitative estimate of drug-likeness (QED) is 0.166. The summed E-state index contributed by atoms with van der Waals surface area (Å²) in [4.78, 5) is 4.78. The van der Waals surface area contributed by atoms with Crippen LogP contribution in [0.4, 0.5) is 34.1 Å². The van der Waals surface area contributed by atoms with E-state index in [9.17, 15) is 0 Å². The number of aryl methyl sites for hydroxylation is 4. The third kappa shape index (κ3) is 5.60. The molecule has 9 heteroatoms. The maximum atomic E-state index is 7.25. The summed E-state index contributed by atoms with van der Waals surface area (Å²) in [5, 5.41) is 0.620. The van der Waals surface area contributed by atoms with Gasteiger partial charge >= 0.3 is 0 Å². The number of hydrogen-bond donors (Lipinski definition) is 0. The number of halogens is 1. The van der Waals surface area contributed by atoms with Crippen LogP contribution in [0.2, 0.25) is 5.02 Å². The van der Waals surface area contributed by atoms with Crippen molar-refractivity contribution in [1.29, 1.82) is 0 Å². The van der Waals surface area contributed by atoms with Crippen LogP contribution < -0.4 is 73.2 Å². The van der Waals surface area contributed by atoms with Gasteiger partial charge in [0.15, 0.2) is 0 Å². The van der Waals surface area contributed by atoms with Gasteiger partial charge in [0.1, 0.15) is 34.5 Å². The average Bonchev–Trinajstić information content (AvgIpc) is 3.32. The number of rotatable bonds is 3. The molecule has 0 bridgehead atoms. The maximum absolute atomic E-state index is 7.25. The molecule has 0 atom stereocenters. The summed E-state index contributed by atoms with van der Waals surface area (Å²) in [6.07, 6.45) is 0. The first-order valence-electron chi connectivity index (χ1n) is 23.1. The van der Waals surface area contributed by atoms with Gasteiger partial charge in [-0.25, -0.2) is 0 Å². The summed E-state index contributed by atoms with van der Waals surface area (Å²) in [7, 11) is 0. The van der Waals surface area contributed by atoms with E-state index in [-0.39, 0.29) is 20.1 Å². The summed E-state index contributed by atoms with van der Waals surface area (Å²) < 4.78 is 20.8. The predicted molar refractivity (Wildman–Crippen MR) is 280 cm³/mol. The molecule has 0 saturated carbocycles. The lowest BCUT2D eigenvalue weighted by molar-refractivity contribution is 0.486. The molecule has 0 saturated heterocycles. The molecular formula is C58H40B3ClN2O3. The van der Waals surface area contributed by atoms with Gasteiger partial charge in [0.05, 0.1) is 0 Å². The van der Waals surface area contributed by atoms with Crippen molar-refractivity contribution in [3.63, 3.8) is 0 Å². The Bertz CT molecular complexity index is 3620. The van der Waals surface area contributed by atoms with Crippen LogP contribution in [-0.4, -0.2) is 20.1 Å². The van der Waals surface area contributed by atoms with Crippen molar-refractivity contribution in [3.05, 3.63) is 197 Å². The van der Waals surface area contributed by atoms with E-state index in [0.717, 1.165) is 90.6 Å². The van der Waals surface area contributed by atoms with E-state index in [1.165, 1.54) is 49.5 Å². The van der Waals surface area contributed by atoms with Crippen LogP contribution in [0.5, 0.6) is 34.5 Å². The largest absolute Gasteiger partial charge is 0.458 e. The molecule has 0 radical (unpaired) electrons. The van der Waals surface area contributed by atoms with Crippen LogP contribution in [0.25, 0.3) is 0 Å². The molecule has 316 valence electrons. The molecular weight excluding hydrogens is 841 g/mol. The zero-order valence-corrected chi connectivity index (χ0v) is 38.2. The van der Waals surface area contributed by atoms with Gasteiger partial charge in [-0.05, 0) is 155 Å². The van der Waals surface area contributed by atoms with Crippen LogP contribution in [-0.2, 0) is 0 Å². The van der Waals surface area contributed by atoms with Gasteiger partial charge in [-0.2, -0.15) is 0 Å². The molecule has 0 aromatic heterocycles. The van der Waals surface area contributed by atoms with Crippen molar-refractivity contribution in [2.75, 3.05) is 9.80 Å². The fourth-order valence-corrected chi connectivity index (χ4v) is 12.2. The lowest BCUT2D eigenvalue weighted by Crippen LogP contribution is -2.64. The van der Waals surface area contributed by atoms with Crippen molar-refractivity contribution in [2.24, 2.45) is 0 Å². The molecule has 0 spiro atoms. The van der Waals surface area contributed by atoms with Crippen LogP contribution in [0.1, 0.15) is 22.3 Å². The molecule has 5 nitrogen and oxygen atoms in total. The Labute approximate surface area is 396 Å². The Morgan fingerprint density at radius 3 is 1.46 bits per heavy atom. The Morgan fingerprint density at radius 1 is 0.343 bits per heavy atom. The van der Waals surface area contributed by atoms with E-state index in [0.29, 0.717) is 5.02 Å². The van der Waals surface area contributed by atoms with Crippen LogP contribution in [0, 0.1) is 27.7 Å². The van der Waals surface area contributed by atoms with E-state index >= 15 is 0 Å². The molecule has 5 heterocycles. The third-order valence-electron chi connectivity index (χ3n) is 14.6. The Morgan fingerprint density at radius 2 is 0.821 bits per heavy atom. The monoisotopic (exact) mass is 880 g/mol. The fraction of sp³-hybridized carbons (Fsp3) is 0.0690. The molecule has 5 aliphatic rings. The molecule has 0 fully saturated rings. The molecule has 0 amide bonds. The number of nitrogens with zero attached hydrogens (tertiary/aromatic N) is 2. The molecule has 14 rings (SSSR count). The summed E-state index contributed by atoms with van der Waals surface area (Å²) >= 11 is 7.18. The Kier molecular flexibility index (Phi) is 8.22. The van der Waals surface area contributed by atoms with E-state index in [1.807, 2.05) is 6.07 Å². The highest BCUT2D eigenvalue weighted by Gasteiger charge is 2.48. The topological polar surface area (TPSA) is 34.2 Å². The first-order valence-corrected chi connectivity index (χ1v) is 23.5. The molecule has 67 heavy (non-hydrogen) atoms. The number of benzene rings is 9. The van der Waals surface area contributed by atoms with Gasteiger partial charge in [-0.1, -0.05) is 119 Å². The SMILES string of the molecule is Cc1cc(C)c2c(c1)Oc1ccccc1B2c1cc2c(cc1C)N(c1ccccc1)c1cc(Cl)cc3c1B2c1cc2c(cc1O3)N(c1ccccc1)c1cc(C)cc3c1B2c1ccccc1O3. The molecule has 9 aromatic rings. The van der Waals surface area contributed by atoms with Gasteiger partial charge in [0.2, 0.25) is 0 Å². The summed E-state index contributed by atoms with van der Waals surface area (Å²) in [5.74, 6) is 5.17. The second-order valence-corrected chi connectivity index (χ2v) is 19.2. The van der Waals surface area contributed by atoms with Crippen molar-refractivity contribution in [3.8, 4) is 34.5 Å². The zero-order valence-electron chi connectivity index (χ0n) is 37.4. The van der Waals surface area contributed by atoms with E-state index < -0.39 is 0 Å². The van der Waals surface area contributed by atoms with Gasteiger partial charge in [0.25, 0.3) is 20.1 Å². The second kappa shape index (κ2) is 14.2. The van der Waals surface area contributed by atoms with Gasteiger partial charge in [-0.15, -0.1) is 0 Å². The van der Waals surface area contributed by atoms with Crippen molar-refractivity contribution >= 4 is 115 Å². The lowest BCUT2D eigenvalue weighted by Gasteiger charge is -2.43.